The third-order valence-corrected chi connectivity index (χ3v) is 3.85. The van der Waals surface area contributed by atoms with Crippen LogP contribution in [0, 0.1) is 0 Å². The molecule has 0 radical (unpaired) electrons. The number of hydrazone groups is 1. The van der Waals surface area contributed by atoms with Crippen LogP contribution in [0.4, 0.5) is 5.69 Å². The van der Waals surface area contributed by atoms with Crippen LogP contribution in [-0.4, -0.2) is 29.9 Å². The second-order valence-electron chi connectivity index (χ2n) is 6.00. The van der Waals surface area contributed by atoms with Gasteiger partial charge in [0.2, 0.25) is 11.7 Å². The number of esters is 1. The lowest BCUT2D eigenvalue weighted by atomic mass is 10.2. The second kappa shape index (κ2) is 9.65. The van der Waals surface area contributed by atoms with Crippen LogP contribution in [0.15, 0.2) is 76.4 Å². The van der Waals surface area contributed by atoms with Crippen molar-refractivity contribution < 1.29 is 28.3 Å². The fraction of sp³-hybridized carbons (Fsp3) is 0. The molecule has 0 aliphatic carbocycles. The first-order valence-corrected chi connectivity index (χ1v) is 8.83. The Balaban J connectivity index is 1.58. The summed E-state index contributed by atoms with van der Waals surface area (Å²) in [5.41, 5.74) is 8.15. The summed E-state index contributed by atoms with van der Waals surface area (Å²) in [7, 11) is 0. The number of hydrogen-bond donors (Lipinski definition) is 3. The molecule has 3 rings (SSSR count). The molecule has 3 aromatic rings. The van der Waals surface area contributed by atoms with Crippen LogP contribution < -0.4 is 21.2 Å². The maximum absolute atomic E-state index is 12.0. The fourth-order valence-corrected chi connectivity index (χ4v) is 2.34. The highest BCUT2D eigenvalue weighted by Gasteiger charge is 2.15. The molecule has 4 N–H and O–H groups in total. The average Bonchev–Trinajstić information content (AvgIpc) is 3.30. The first kappa shape index (κ1) is 21.0. The molecule has 0 saturated carbocycles. The minimum absolute atomic E-state index is 0.0283. The Labute approximate surface area is 175 Å². The Morgan fingerprint density at radius 2 is 1.68 bits per heavy atom. The monoisotopic (exact) mass is 420 g/mol. The molecule has 0 aliphatic rings. The lowest BCUT2D eigenvalue weighted by Crippen LogP contribution is -2.32. The first-order chi connectivity index (χ1) is 14.9. The van der Waals surface area contributed by atoms with Crippen LogP contribution in [0.25, 0.3) is 0 Å². The van der Waals surface area contributed by atoms with Crippen LogP contribution in [0.3, 0.4) is 0 Å². The molecule has 0 atom stereocenters. The van der Waals surface area contributed by atoms with Gasteiger partial charge in [-0.25, -0.2) is 10.2 Å². The van der Waals surface area contributed by atoms with Gasteiger partial charge in [-0.05, 0) is 48.5 Å². The van der Waals surface area contributed by atoms with Crippen molar-refractivity contribution >= 4 is 35.6 Å². The van der Waals surface area contributed by atoms with Crippen molar-refractivity contribution in [3.8, 4) is 5.75 Å². The van der Waals surface area contributed by atoms with Crippen LogP contribution in [-0.2, 0) is 9.59 Å². The number of nitrogens with two attached hydrogens (primary N) is 1. The van der Waals surface area contributed by atoms with Crippen LogP contribution >= 0.6 is 0 Å². The van der Waals surface area contributed by atoms with Crippen molar-refractivity contribution in [3.63, 3.8) is 0 Å². The highest BCUT2D eigenvalue weighted by molar-refractivity contribution is 6.39. The van der Waals surface area contributed by atoms with Gasteiger partial charge in [0.15, 0.2) is 0 Å². The van der Waals surface area contributed by atoms with E-state index in [1.807, 2.05) is 0 Å². The number of anilines is 1. The van der Waals surface area contributed by atoms with E-state index in [-0.39, 0.29) is 17.1 Å². The number of hydrogen-bond acceptors (Lipinski definition) is 7. The predicted octanol–water partition coefficient (Wildman–Crippen LogP) is 1.69. The van der Waals surface area contributed by atoms with Crippen molar-refractivity contribution in [3.05, 3.63) is 83.8 Å². The summed E-state index contributed by atoms with van der Waals surface area (Å²) in [6, 6.07) is 15.1. The number of carbonyl (C=O) groups is 4. The number of ether oxygens (including phenoxy) is 1. The largest absolute Gasteiger partial charge is 0.457 e. The molecule has 0 bridgehead atoms. The average molecular weight is 420 g/mol. The van der Waals surface area contributed by atoms with E-state index in [0.29, 0.717) is 11.3 Å². The van der Waals surface area contributed by atoms with Crippen molar-refractivity contribution in [1.82, 2.24) is 5.43 Å². The molecule has 0 saturated heterocycles. The highest BCUT2D eigenvalue weighted by atomic mass is 16.5. The van der Waals surface area contributed by atoms with E-state index in [0.717, 1.165) is 0 Å². The van der Waals surface area contributed by atoms with Gasteiger partial charge in [-0.15, -0.1) is 0 Å². The molecule has 31 heavy (non-hydrogen) atoms. The van der Waals surface area contributed by atoms with Crippen molar-refractivity contribution in [1.29, 1.82) is 0 Å². The van der Waals surface area contributed by atoms with E-state index in [1.165, 1.54) is 48.9 Å². The molecule has 1 heterocycles. The summed E-state index contributed by atoms with van der Waals surface area (Å²) in [4.78, 5) is 46.9. The molecule has 0 aliphatic heterocycles. The number of furan rings is 1. The lowest BCUT2D eigenvalue weighted by molar-refractivity contribution is -0.136. The Kier molecular flexibility index (Phi) is 6.54. The summed E-state index contributed by atoms with van der Waals surface area (Å²) in [5.74, 6) is -3.10. The fourth-order valence-electron chi connectivity index (χ4n) is 2.34. The summed E-state index contributed by atoms with van der Waals surface area (Å²) in [5, 5.41) is 6.06. The first-order valence-electron chi connectivity index (χ1n) is 8.83. The van der Waals surface area contributed by atoms with E-state index >= 15 is 0 Å². The van der Waals surface area contributed by atoms with Crippen LogP contribution in [0.5, 0.6) is 5.75 Å². The zero-order valence-corrected chi connectivity index (χ0v) is 15.9. The van der Waals surface area contributed by atoms with E-state index in [9.17, 15) is 19.2 Å². The van der Waals surface area contributed by atoms with E-state index in [2.05, 4.69) is 15.8 Å². The second-order valence-corrected chi connectivity index (χ2v) is 6.00. The molecule has 3 amide bonds. The van der Waals surface area contributed by atoms with Crippen molar-refractivity contribution in [2.24, 2.45) is 10.8 Å². The topological polar surface area (TPSA) is 153 Å². The Morgan fingerprint density at radius 3 is 2.35 bits per heavy atom. The predicted molar refractivity (Wildman–Crippen MR) is 109 cm³/mol. The van der Waals surface area contributed by atoms with E-state index in [4.69, 9.17) is 14.9 Å². The number of nitrogens with zero attached hydrogens (tertiary/aromatic N) is 1. The molecule has 0 spiro atoms. The molecule has 0 unspecified atom stereocenters. The molecule has 2 aromatic carbocycles. The SMILES string of the molecule is NC(=O)c1ccc(NC(=O)C(=O)NN=Cc2ccccc2OC(=O)c2ccco2)cc1. The van der Waals surface area contributed by atoms with Gasteiger partial charge in [-0.2, -0.15) is 5.10 Å². The minimum atomic E-state index is -1.03. The summed E-state index contributed by atoms with van der Waals surface area (Å²) in [6.45, 7) is 0. The molecule has 10 heteroatoms. The number of benzene rings is 2. The summed E-state index contributed by atoms with van der Waals surface area (Å²) >= 11 is 0. The number of para-hydroxylation sites is 1. The van der Waals surface area contributed by atoms with Crippen LogP contribution in [0.2, 0.25) is 0 Å². The van der Waals surface area contributed by atoms with Gasteiger partial charge >= 0.3 is 17.8 Å². The normalized spacial score (nSPS) is 10.5. The smallest absolute Gasteiger partial charge is 0.379 e. The van der Waals surface area contributed by atoms with Crippen molar-refractivity contribution in [2.75, 3.05) is 5.32 Å². The Bertz CT molecular complexity index is 1140. The lowest BCUT2D eigenvalue weighted by Gasteiger charge is -2.06. The minimum Gasteiger partial charge on any atom is -0.457 e. The van der Waals surface area contributed by atoms with Gasteiger partial charge in [0.25, 0.3) is 0 Å². The number of primary amides is 1. The van der Waals surface area contributed by atoms with Gasteiger partial charge < -0.3 is 20.2 Å². The van der Waals surface area contributed by atoms with Gasteiger partial charge in [0.1, 0.15) is 5.75 Å². The van der Waals surface area contributed by atoms with Gasteiger partial charge in [0, 0.05) is 16.8 Å². The molecular formula is C21H16N4O6. The zero-order chi connectivity index (χ0) is 22.2. The number of rotatable bonds is 6. The zero-order valence-electron chi connectivity index (χ0n) is 15.9. The number of carbonyl (C=O) groups excluding carboxylic acids is 4. The molecule has 0 fully saturated rings. The summed E-state index contributed by atoms with van der Waals surface area (Å²) in [6.07, 6.45) is 2.56. The van der Waals surface area contributed by atoms with Crippen molar-refractivity contribution in [2.45, 2.75) is 0 Å². The number of nitrogens with one attached hydrogen (secondary N) is 2. The third-order valence-electron chi connectivity index (χ3n) is 3.85. The standard InChI is InChI=1S/C21H16N4O6/c22-18(26)13-7-9-15(10-8-13)24-19(27)20(28)25-23-12-14-4-1-2-5-16(14)31-21(29)17-6-3-11-30-17/h1-12H,(H2,22,26)(H,24,27)(H,25,28). The van der Waals surface area contributed by atoms with Crippen LogP contribution in [0.1, 0.15) is 26.5 Å². The van der Waals surface area contributed by atoms with E-state index in [1.54, 1.807) is 24.3 Å². The van der Waals surface area contributed by atoms with Gasteiger partial charge in [0.05, 0.1) is 12.5 Å². The molecule has 156 valence electrons. The van der Waals surface area contributed by atoms with Gasteiger partial charge in [-0.3, -0.25) is 14.4 Å². The molecular weight excluding hydrogens is 404 g/mol. The maximum atomic E-state index is 12.0. The molecule has 10 nitrogen and oxygen atoms in total. The molecule has 1 aromatic heterocycles. The quantitative estimate of drug-likeness (QED) is 0.181. The number of amides is 3. The highest BCUT2D eigenvalue weighted by Crippen LogP contribution is 2.18. The Morgan fingerprint density at radius 1 is 0.935 bits per heavy atom. The maximum Gasteiger partial charge on any atom is 0.379 e. The van der Waals surface area contributed by atoms with E-state index < -0.39 is 23.7 Å². The van der Waals surface area contributed by atoms with Gasteiger partial charge in [-0.1, -0.05) is 12.1 Å². The summed E-state index contributed by atoms with van der Waals surface area (Å²) < 4.78 is 10.2. The Hall–Kier alpha value is -4.73. The third kappa shape index (κ3) is 5.64.